The van der Waals surface area contributed by atoms with Gasteiger partial charge >= 0.3 is 12.2 Å². The van der Waals surface area contributed by atoms with Crippen LogP contribution in [0.25, 0.3) is 0 Å². The number of sulfonamides is 1. The number of allylic oxidation sites excluding steroid dienone is 1. The van der Waals surface area contributed by atoms with E-state index in [1.807, 2.05) is 12.2 Å². The van der Waals surface area contributed by atoms with E-state index in [0.29, 0.717) is 32.1 Å². The first-order valence-corrected chi connectivity index (χ1v) is 22.3. The lowest BCUT2D eigenvalue weighted by atomic mass is 10.0. The van der Waals surface area contributed by atoms with Crippen LogP contribution in [0, 0.1) is 5.92 Å². The molecule has 0 unspecified atom stereocenters. The van der Waals surface area contributed by atoms with Gasteiger partial charge in [0.15, 0.2) is 0 Å². The second kappa shape index (κ2) is 14.8. The Balaban J connectivity index is 1.59. The van der Waals surface area contributed by atoms with Crippen LogP contribution in [0.5, 0.6) is 0 Å². The van der Waals surface area contributed by atoms with E-state index in [-0.39, 0.29) is 26.0 Å². The normalized spacial score (nSPS) is 28.5. The van der Waals surface area contributed by atoms with E-state index in [1.54, 1.807) is 20.8 Å². The van der Waals surface area contributed by atoms with Gasteiger partial charge in [-0.15, -0.1) is 0 Å². The largest absolute Gasteiger partial charge is 0.450 e. The van der Waals surface area contributed by atoms with Gasteiger partial charge in [-0.2, -0.15) is 0 Å². The zero-order valence-electron chi connectivity index (χ0n) is 29.1. The quantitative estimate of drug-likeness (QED) is 0.217. The van der Waals surface area contributed by atoms with Crippen molar-refractivity contribution in [2.24, 2.45) is 5.92 Å². The van der Waals surface area contributed by atoms with E-state index in [9.17, 15) is 32.4 Å². The Morgan fingerprint density at radius 2 is 1.75 bits per heavy atom. The average molecular weight is 712 g/mol. The van der Waals surface area contributed by atoms with E-state index in [2.05, 4.69) is 40.3 Å². The fraction of sp³-hybridized carbons (Fsp3) is 0.781. The molecule has 5 atom stereocenters. The van der Waals surface area contributed by atoms with Crippen molar-refractivity contribution in [2.45, 2.75) is 139 Å². The molecule has 0 aromatic rings. The van der Waals surface area contributed by atoms with Gasteiger partial charge < -0.3 is 30.3 Å². The van der Waals surface area contributed by atoms with Crippen molar-refractivity contribution in [3.63, 3.8) is 0 Å². The number of amides is 5. The third-order valence-corrected chi connectivity index (χ3v) is 12.5. The van der Waals surface area contributed by atoms with Gasteiger partial charge in [-0.25, -0.2) is 18.0 Å². The van der Waals surface area contributed by atoms with Gasteiger partial charge in [0.25, 0.3) is 5.91 Å². The summed E-state index contributed by atoms with van der Waals surface area (Å²) in [4.78, 5) is 68.6. The molecule has 4 rings (SSSR count). The summed E-state index contributed by atoms with van der Waals surface area (Å²) in [5.41, 5.74) is -2.28. The highest BCUT2D eigenvalue weighted by Gasteiger charge is 2.62. The molecule has 48 heavy (non-hydrogen) atoms. The van der Waals surface area contributed by atoms with Gasteiger partial charge in [0, 0.05) is 20.5 Å². The fourth-order valence-electron chi connectivity index (χ4n) is 6.01. The van der Waals surface area contributed by atoms with Gasteiger partial charge in [-0.1, -0.05) is 44.6 Å². The van der Waals surface area contributed by atoms with Crippen LogP contribution in [0.15, 0.2) is 12.2 Å². The molecule has 2 heterocycles. The van der Waals surface area contributed by atoms with Crippen LogP contribution in [0.1, 0.15) is 78.6 Å². The molecule has 2 aliphatic heterocycles. The number of alkyl carbamates (subject to hydrolysis) is 2. The highest BCUT2D eigenvalue weighted by Crippen LogP contribution is 2.46. The smallest absolute Gasteiger partial charge is 0.407 e. The molecule has 16 heteroatoms. The van der Waals surface area contributed by atoms with Gasteiger partial charge in [0.1, 0.15) is 23.2 Å². The summed E-state index contributed by atoms with van der Waals surface area (Å²) in [5, 5.41) is 7.65. The predicted octanol–water partition coefficient (Wildman–Crippen LogP) is 2.92. The second-order valence-corrected chi connectivity index (χ2v) is 23.3. The molecule has 0 bridgehead atoms. The van der Waals surface area contributed by atoms with Crippen molar-refractivity contribution in [1.82, 2.24) is 25.6 Å². The van der Waals surface area contributed by atoms with Gasteiger partial charge in [0.2, 0.25) is 21.8 Å². The van der Waals surface area contributed by atoms with Gasteiger partial charge in [-0.3, -0.25) is 19.1 Å². The van der Waals surface area contributed by atoms with Crippen LogP contribution in [-0.2, 0) is 33.9 Å². The third kappa shape index (κ3) is 10.4. The molecular formula is C32H53N5O9SSi. The molecule has 5 amide bonds. The average Bonchev–Trinajstić information content (AvgIpc) is 3.86. The van der Waals surface area contributed by atoms with Crippen molar-refractivity contribution >= 4 is 48.0 Å². The fourth-order valence-corrected chi connectivity index (χ4v) is 8.09. The Bertz CT molecular complexity index is 1390. The first-order chi connectivity index (χ1) is 22.3. The van der Waals surface area contributed by atoms with Crippen molar-refractivity contribution in [2.75, 3.05) is 13.2 Å². The van der Waals surface area contributed by atoms with Gasteiger partial charge in [-0.05, 0) is 71.8 Å². The lowest BCUT2D eigenvalue weighted by molar-refractivity contribution is -0.141. The minimum Gasteiger partial charge on any atom is -0.450 e. The molecule has 4 aliphatic rings. The Kier molecular flexibility index (Phi) is 11.6. The summed E-state index contributed by atoms with van der Waals surface area (Å²) in [7, 11) is -5.35. The van der Waals surface area contributed by atoms with Crippen LogP contribution in [0.4, 0.5) is 9.59 Å². The SMILES string of the molecule is CC(C)(C)OC(=O)N[C@@H]1C[C@H]2C(=O)N[C@]3(C(=O)NS(=O)(=O)C4CC4)C[C@H]3C=CCCCCC[C@H](NC(=O)OCC[Si](C)(C)C)C(=O)N2C1. The first kappa shape index (κ1) is 37.7. The Morgan fingerprint density at radius 1 is 1.04 bits per heavy atom. The molecule has 0 aromatic heterocycles. The zero-order valence-corrected chi connectivity index (χ0v) is 30.9. The minimum atomic E-state index is -3.88. The summed E-state index contributed by atoms with van der Waals surface area (Å²) in [6.45, 7) is 11.8. The Labute approximate surface area is 284 Å². The van der Waals surface area contributed by atoms with Crippen LogP contribution in [0.2, 0.25) is 25.7 Å². The van der Waals surface area contributed by atoms with E-state index in [1.165, 1.54) is 4.90 Å². The maximum absolute atomic E-state index is 14.2. The number of hydrogen-bond donors (Lipinski definition) is 4. The molecule has 4 N–H and O–H groups in total. The second-order valence-electron chi connectivity index (χ2n) is 15.7. The highest BCUT2D eigenvalue weighted by molar-refractivity contribution is 7.91. The number of fused-ring (bicyclic) bond motifs is 2. The molecule has 2 saturated carbocycles. The first-order valence-electron chi connectivity index (χ1n) is 17.1. The van der Waals surface area contributed by atoms with Crippen LogP contribution in [0.3, 0.4) is 0 Å². The summed E-state index contributed by atoms with van der Waals surface area (Å²) >= 11 is 0. The summed E-state index contributed by atoms with van der Waals surface area (Å²) < 4.78 is 38.4. The summed E-state index contributed by atoms with van der Waals surface area (Å²) in [6, 6.07) is -2.02. The maximum atomic E-state index is 14.2. The molecule has 14 nitrogen and oxygen atoms in total. The number of ether oxygens (including phenoxy) is 2. The van der Waals surface area contributed by atoms with E-state index < -0.39 is 88.4 Å². The number of rotatable bonds is 8. The maximum Gasteiger partial charge on any atom is 0.407 e. The van der Waals surface area contributed by atoms with Crippen LogP contribution >= 0.6 is 0 Å². The standard InChI is InChI=1S/C32H53N5O9SSi/c1-31(2,3)46-30(42)33-22-18-25-26(38)35-32(28(40)36-47(43,44)23-14-15-23)19-21(32)12-10-8-7-9-11-13-24(27(39)37(25)20-22)34-29(41)45-16-17-48(4,5)6/h10,12,21-25H,7-9,11,13-20H2,1-6H3,(H,33,42)(H,34,41)(H,35,38)(H,36,40)/t21-,22-,24+,25+,32-/m1/s1. The van der Waals surface area contributed by atoms with Crippen molar-refractivity contribution in [3.8, 4) is 0 Å². The summed E-state index contributed by atoms with van der Waals surface area (Å²) in [5.74, 6) is -2.40. The molecular weight excluding hydrogens is 659 g/mol. The molecule has 0 aromatic carbocycles. The van der Waals surface area contributed by atoms with Gasteiger partial charge in [0.05, 0.1) is 17.9 Å². The zero-order chi connectivity index (χ0) is 35.5. The Hall–Kier alpha value is -3.14. The number of carbonyl (C=O) groups excluding carboxylic acids is 5. The van der Waals surface area contributed by atoms with Crippen molar-refractivity contribution in [1.29, 1.82) is 0 Å². The third-order valence-electron chi connectivity index (χ3n) is 8.98. The Morgan fingerprint density at radius 3 is 2.40 bits per heavy atom. The molecule has 1 saturated heterocycles. The topological polar surface area (TPSA) is 189 Å². The number of nitrogens with one attached hydrogen (secondary N) is 4. The van der Waals surface area contributed by atoms with E-state index in [4.69, 9.17) is 9.47 Å². The monoisotopic (exact) mass is 711 g/mol. The highest BCUT2D eigenvalue weighted by atomic mass is 32.2. The molecule has 2 aliphatic carbocycles. The predicted molar refractivity (Wildman–Crippen MR) is 181 cm³/mol. The number of hydrogen-bond acceptors (Lipinski definition) is 9. The van der Waals surface area contributed by atoms with Crippen LogP contribution < -0.4 is 20.7 Å². The van der Waals surface area contributed by atoms with Crippen molar-refractivity contribution in [3.05, 3.63) is 12.2 Å². The molecule has 270 valence electrons. The number of nitrogens with zero attached hydrogens (tertiary/aromatic N) is 1. The lowest BCUT2D eigenvalue weighted by Crippen LogP contribution is -2.58. The van der Waals surface area contributed by atoms with Crippen LogP contribution in [-0.4, -0.2) is 99.0 Å². The molecule has 0 spiro atoms. The summed E-state index contributed by atoms with van der Waals surface area (Å²) in [6.07, 6.45) is 6.69. The number of carbonyl (C=O) groups is 5. The lowest BCUT2D eigenvalue weighted by Gasteiger charge is -2.30. The minimum absolute atomic E-state index is 0.0166. The molecule has 3 fully saturated rings. The molecule has 0 radical (unpaired) electrons. The van der Waals surface area contributed by atoms with E-state index >= 15 is 0 Å². The van der Waals surface area contributed by atoms with E-state index in [0.717, 1.165) is 18.9 Å². The van der Waals surface area contributed by atoms with Crippen molar-refractivity contribution < 1.29 is 41.9 Å².